The smallest absolute Gasteiger partial charge is 0.138 e. The van der Waals surface area contributed by atoms with E-state index in [9.17, 15) is 0 Å². The lowest BCUT2D eigenvalue weighted by atomic mass is 10.1. The summed E-state index contributed by atoms with van der Waals surface area (Å²) in [6.07, 6.45) is 1.02. The zero-order valence-electron chi connectivity index (χ0n) is 15.0. The predicted molar refractivity (Wildman–Crippen MR) is 121 cm³/mol. The van der Waals surface area contributed by atoms with E-state index in [0.29, 0.717) is 21.8 Å². The maximum absolute atomic E-state index is 6.11. The first-order valence-corrected chi connectivity index (χ1v) is 8.95. The number of aliphatic imine (C=N–C) groups is 1. The van der Waals surface area contributed by atoms with E-state index in [2.05, 4.69) is 28.8 Å². The van der Waals surface area contributed by atoms with Gasteiger partial charge in [0, 0.05) is 17.7 Å². The van der Waals surface area contributed by atoms with Crippen molar-refractivity contribution in [3.63, 3.8) is 0 Å². The van der Waals surface area contributed by atoms with Gasteiger partial charge in [-0.15, -0.1) is 24.8 Å². The number of benzene rings is 2. The summed E-state index contributed by atoms with van der Waals surface area (Å²) in [6.45, 7) is 5.08. The van der Waals surface area contributed by atoms with Crippen molar-refractivity contribution in [2.45, 2.75) is 20.3 Å². The molecular formula is C19H22Cl4N4. The van der Waals surface area contributed by atoms with Crippen molar-refractivity contribution in [3.05, 3.63) is 52.0 Å². The highest BCUT2D eigenvalue weighted by atomic mass is 35.5. The summed E-state index contributed by atoms with van der Waals surface area (Å²) in [6, 6.07) is 11.3. The zero-order valence-corrected chi connectivity index (χ0v) is 18.1. The number of aromatic nitrogens is 2. The number of hydrogen-bond acceptors (Lipinski definition) is 2. The summed E-state index contributed by atoms with van der Waals surface area (Å²) >= 11 is 12.1. The van der Waals surface area contributed by atoms with Crippen LogP contribution in [-0.2, 0) is 0 Å². The van der Waals surface area contributed by atoms with E-state index >= 15 is 0 Å². The van der Waals surface area contributed by atoms with Crippen LogP contribution in [0.1, 0.15) is 25.8 Å². The molecule has 0 saturated heterocycles. The van der Waals surface area contributed by atoms with Crippen LogP contribution in [0.25, 0.3) is 22.4 Å². The van der Waals surface area contributed by atoms with E-state index in [4.69, 9.17) is 28.9 Å². The van der Waals surface area contributed by atoms with Crippen molar-refractivity contribution in [1.29, 1.82) is 0 Å². The Morgan fingerprint density at radius 1 is 1.11 bits per heavy atom. The standard InChI is InChI=1S/C19H20Cl2N4.2ClH/c1-11(2)7-8-23-18(22)12-4-6-16-17(10-12)25-19(24-16)13-3-5-14(20)15(21)9-13;;/h3-6,9-11H,7-8H2,1-2H3,(H2,22,23)(H,24,25);2*1H. The summed E-state index contributed by atoms with van der Waals surface area (Å²) < 4.78 is 0. The van der Waals surface area contributed by atoms with E-state index < -0.39 is 0 Å². The van der Waals surface area contributed by atoms with Crippen LogP contribution in [-0.4, -0.2) is 22.3 Å². The van der Waals surface area contributed by atoms with Gasteiger partial charge in [0.05, 0.1) is 21.1 Å². The SMILES string of the molecule is CC(C)CCN=C(N)c1ccc2nc(-c3ccc(Cl)c(Cl)c3)[nH]c2c1.Cl.Cl. The summed E-state index contributed by atoms with van der Waals surface area (Å²) in [5, 5.41) is 1.02. The van der Waals surface area contributed by atoms with Crippen LogP contribution in [0.2, 0.25) is 10.0 Å². The molecule has 0 aliphatic carbocycles. The predicted octanol–water partition coefficient (Wildman–Crippen LogP) is 6.13. The maximum Gasteiger partial charge on any atom is 0.138 e. The van der Waals surface area contributed by atoms with Crippen molar-refractivity contribution in [2.24, 2.45) is 16.6 Å². The molecule has 0 aliphatic heterocycles. The van der Waals surface area contributed by atoms with Gasteiger partial charge < -0.3 is 10.7 Å². The fourth-order valence-electron chi connectivity index (χ4n) is 2.48. The van der Waals surface area contributed by atoms with Crippen molar-refractivity contribution in [2.75, 3.05) is 6.54 Å². The summed E-state index contributed by atoms with van der Waals surface area (Å²) in [5.74, 6) is 1.90. The Hall–Kier alpha value is -1.46. The second kappa shape index (κ2) is 10.2. The average Bonchev–Trinajstić information content (AvgIpc) is 3.00. The van der Waals surface area contributed by atoms with E-state index in [-0.39, 0.29) is 24.8 Å². The Balaban J connectivity index is 0.00000182. The topological polar surface area (TPSA) is 67.1 Å². The first-order chi connectivity index (χ1) is 11.9. The van der Waals surface area contributed by atoms with Crippen LogP contribution in [0.5, 0.6) is 0 Å². The summed E-state index contributed by atoms with van der Waals surface area (Å²) in [7, 11) is 0. The second-order valence-corrected chi connectivity index (χ2v) is 7.21. The molecule has 8 heteroatoms. The molecule has 1 heterocycles. The van der Waals surface area contributed by atoms with Gasteiger partial charge in [-0.3, -0.25) is 4.99 Å². The number of nitrogens with two attached hydrogens (primary N) is 1. The molecule has 0 saturated carbocycles. The third-order valence-electron chi connectivity index (χ3n) is 3.96. The number of amidine groups is 1. The number of imidazole rings is 1. The fraction of sp³-hybridized carbons (Fsp3) is 0.263. The van der Waals surface area contributed by atoms with Crippen LogP contribution in [0, 0.1) is 5.92 Å². The van der Waals surface area contributed by atoms with Crippen LogP contribution < -0.4 is 5.73 Å². The third kappa shape index (κ3) is 5.76. The maximum atomic E-state index is 6.11. The largest absolute Gasteiger partial charge is 0.384 e. The van der Waals surface area contributed by atoms with Gasteiger partial charge in [-0.05, 0) is 48.7 Å². The van der Waals surface area contributed by atoms with E-state index in [1.165, 1.54) is 0 Å². The second-order valence-electron chi connectivity index (χ2n) is 6.40. The number of rotatable bonds is 5. The Labute approximate surface area is 181 Å². The molecule has 0 amide bonds. The lowest BCUT2D eigenvalue weighted by Crippen LogP contribution is -2.14. The summed E-state index contributed by atoms with van der Waals surface area (Å²) in [5.41, 5.74) is 9.64. The molecule has 3 aromatic rings. The first kappa shape index (κ1) is 23.6. The molecule has 0 fully saturated rings. The zero-order chi connectivity index (χ0) is 18.0. The molecule has 0 unspecified atom stereocenters. The number of fused-ring (bicyclic) bond motifs is 1. The van der Waals surface area contributed by atoms with Crippen LogP contribution >= 0.6 is 48.0 Å². The number of halogens is 4. The highest BCUT2D eigenvalue weighted by Crippen LogP contribution is 2.28. The lowest BCUT2D eigenvalue weighted by molar-refractivity contribution is 0.597. The Kier molecular flexibility index (Phi) is 8.89. The van der Waals surface area contributed by atoms with Crippen molar-refractivity contribution < 1.29 is 0 Å². The number of nitrogens with zero attached hydrogens (tertiary/aromatic N) is 2. The monoisotopic (exact) mass is 446 g/mol. The molecule has 0 bridgehead atoms. The van der Waals surface area contributed by atoms with Crippen LogP contribution in [0.15, 0.2) is 41.4 Å². The average molecular weight is 448 g/mol. The molecule has 2 aromatic carbocycles. The highest BCUT2D eigenvalue weighted by Gasteiger charge is 2.09. The first-order valence-electron chi connectivity index (χ1n) is 8.19. The molecule has 1 aromatic heterocycles. The van der Waals surface area contributed by atoms with Crippen LogP contribution in [0.3, 0.4) is 0 Å². The van der Waals surface area contributed by atoms with Gasteiger partial charge in [0.1, 0.15) is 11.7 Å². The minimum Gasteiger partial charge on any atom is -0.384 e. The lowest BCUT2D eigenvalue weighted by Gasteiger charge is -2.03. The molecule has 0 radical (unpaired) electrons. The number of hydrogen-bond donors (Lipinski definition) is 2. The van der Waals surface area contributed by atoms with Crippen LogP contribution in [0.4, 0.5) is 0 Å². The molecule has 0 atom stereocenters. The molecule has 146 valence electrons. The Bertz CT molecular complexity index is 935. The van der Waals surface area contributed by atoms with Gasteiger partial charge in [-0.1, -0.05) is 37.0 Å². The van der Waals surface area contributed by atoms with Crippen molar-refractivity contribution >= 4 is 64.9 Å². The molecular weight excluding hydrogens is 426 g/mol. The van der Waals surface area contributed by atoms with E-state index in [1.807, 2.05) is 24.3 Å². The summed E-state index contributed by atoms with van der Waals surface area (Å²) in [4.78, 5) is 12.4. The quantitative estimate of drug-likeness (QED) is 0.364. The van der Waals surface area contributed by atoms with Gasteiger partial charge in [0.25, 0.3) is 0 Å². The van der Waals surface area contributed by atoms with E-state index in [1.54, 1.807) is 12.1 Å². The van der Waals surface area contributed by atoms with Gasteiger partial charge in [0.15, 0.2) is 0 Å². The number of aromatic amines is 1. The Morgan fingerprint density at radius 2 is 1.85 bits per heavy atom. The van der Waals surface area contributed by atoms with Crippen molar-refractivity contribution in [3.8, 4) is 11.4 Å². The van der Waals surface area contributed by atoms with Gasteiger partial charge >= 0.3 is 0 Å². The van der Waals surface area contributed by atoms with E-state index in [0.717, 1.165) is 41.0 Å². The Morgan fingerprint density at radius 3 is 2.52 bits per heavy atom. The molecule has 3 rings (SSSR count). The number of H-pyrrole nitrogens is 1. The third-order valence-corrected chi connectivity index (χ3v) is 4.70. The highest BCUT2D eigenvalue weighted by molar-refractivity contribution is 6.42. The van der Waals surface area contributed by atoms with Crippen molar-refractivity contribution in [1.82, 2.24) is 9.97 Å². The molecule has 27 heavy (non-hydrogen) atoms. The van der Waals surface area contributed by atoms with Gasteiger partial charge in [-0.2, -0.15) is 0 Å². The minimum absolute atomic E-state index is 0. The molecule has 0 spiro atoms. The number of nitrogens with one attached hydrogen (secondary N) is 1. The molecule has 4 nitrogen and oxygen atoms in total. The molecule has 3 N–H and O–H groups in total. The fourth-order valence-corrected chi connectivity index (χ4v) is 2.78. The van der Waals surface area contributed by atoms with Gasteiger partial charge in [0.2, 0.25) is 0 Å². The molecule has 0 aliphatic rings. The minimum atomic E-state index is 0. The van der Waals surface area contributed by atoms with Gasteiger partial charge in [-0.25, -0.2) is 4.98 Å². The normalized spacial score (nSPS) is 11.4.